The average Bonchev–Trinajstić information content (AvgIpc) is 3.58. The van der Waals surface area contributed by atoms with Crippen molar-refractivity contribution < 1.29 is 28.5 Å². The van der Waals surface area contributed by atoms with Crippen LogP contribution in [0.2, 0.25) is 0 Å². The first-order valence-corrected chi connectivity index (χ1v) is 14.5. The first-order chi connectivity index (χ1) is 21.3. The smallest absolute Gasteiger partial charge is 0.262 e. The van der Waals surface area contributed by atoms with Crippen LogP contribution in [0.3, 0.4) is 0 Å². The van der Waals surface area contributed by atoms with Crippen molar-refractivity contribution in [3.63, 3.8) is 0 Å². The van der Waals surface area contributed by atoms with Crippen molar-refractivity contribution in [3.8, 4) is 45.8 Å². The molecule has 10 nitrogen and oxygen atoms in total. The van der Waals surface area contributed by atoms with E-state index in [2.05, 4.69) is 26.0 Å². The molecule has 226 valence electrons. The Hall–Kier alpha value is -5.29. The summed E-state index contributed by atoms with van der Waals surface area (Å²) >= 11 is 1.61. The van der Waals surface area contributed by atoms with Gasteiger partial charge in [0.25, 0.3) is 5.91 Å². The van der Waals surface area contributed by atoms with Gasteiger partial charge < -0.3 is 34.3 Å². The third kappa shape index (κ3) is 6.37. The number of anilines is 3. The summed E-state index contributed by atoms with van der Waals surface area (Å²) in [5.74, 6) is 1.98. The van der Waals surface area contributed by atoms with Crippen molar-refractivity contribution in [2.45, 2.75) is 13.8 Å². The van der Waals surface area contributed by atoms with E-state index in [0.29, 0.717) is 40.1 Å². The van der Waals surface area contributed by atoms with Gasteiger partial charge in [0.2, 0.25) is 17.6 Å². The number of methoxy groups -OCH3 is 4. The molecule has 2 N–H and O–H groups in total. The van der Waals surface area contributed by atoms with Crippen LogP contribution >= 0.6 is 11.3 Å². The summed E-state index contributed by atoms with van der Waals surface area (Å²) in [6.07, 6.45) is 1.41. The maximum atomic E-state index is 13.6. The molecule has 0 saturated heterocycles. The molecular weight excluding hydrogens is 580 g/mol. The first kappa shape index (κ1) is 30.2. The van der Waals surface area contributed by atoms with Gasteiger partial charge in [-0.1, -0.05) is 24.3 Å². The lowest BCUT2D eigenvalue weighted by molar-refractivity contribution is 0.102. The molecule has 0 radical (unpaired) electrons. The summed E-state index contributed by atoms with van der Waals surface area (Å²) in [5.41, 5.74) is 5.29. The van der Waals surface area contributed by atoms with Crippen molar-refractivity contribution in [1.29, 1.82) is 0 Å². The molecule has 0 fully saturated rings. The van der Waals surface area contributed by atoms with Gasteiger partial charge in [0, 0.05) is 29.7 Å². The molecule has 0 aliphatic heterocycles. The summed E-state index contributed by atoms with van der Waals surface area (Å²) in [5, 5.41) is 10.2. The molecule has 0 bridgehead atoms. The van der Waals surface area contributed by atoms with Gasteiger partial charge in [-0.15, -0.1) is 0 Å². The quantitative estimate of drug-likeness (QED) is 0.155. The van der Waals surface area contributed by atoms with Gasteiger partial charge in [0.05, 0.1) is 28.4 Å². The molecule has 2 aromatic heterocycles. The Morgan fingerprint density at radius 3 is 2.11 bits per heavy atom. The minimum absolute atomic E-state index is 0.0280. The number of carbonyl (C=O) groups excluding carboxylic acids is 1. The highest BCUT2D eigenvalue weighted by Crippen LogP contribution is 2.41. The molecule has 0 saturated carbocycles. The van der Waals surface area contributed by atoms with Crippen LogP contribution in [-0.2, 0) is 0 Å². The van der Waals surface area contributed by atoms with Gasteiger partial charge in [-0.2, -0.15) is 16.3 Å². The third-order valence-electron chi connectivity index (χ3n) is 6.86. The maximum absolute atomic E-state index is 13.6. The van der Waals surface area contributed by atoms with E-state index in [4.69, 9.17) is 23.7 Å². The molecule has 5 aromatic rings. The highest BCUT2D eigenvalue weighted by Gasteiger charge is 2.21. The Balaban J connectivity index is 1.54. The molecule has 11 heteroatoms. The van der Waals surface area contributed by atoms with Gasteiger partial charge in [-0.05, 0) is 65.1 Å². The number of rotatable bonds is 11. The van der Waals surface area contributed by atoms with Gasteiger partial charge in [-0.25, -0.2) is 4.98 Å². The predicted molar refractivity (Wildman–Crippen MR) is 172 cm³/mol. The lowest BCUT2D eigenvalue weighted by Gasteiger charge is -2.17. The lowest BCUT2D eigenvalue weighted by atomic mass is 10.1. The van der Waals surface area contributed by atoms with E-state index >= 15 is 0 Å². The number of hydrogen-bond donors (Lipinski definition) is 2. The number of ether oxygens (including phenoxy) is 5. The summed E-state index contributed by atoms with van der Waals surface area (Å²) in [7, 11) is 6.16. The fourth-order valence-electron chi connectivity index (χ4n) is 4.60. The van der Waals surface area contributed by atoms with Crippen LogP contribution in [0.1, 0.15) is 21.5 Å². The second-order valence-electron chi connectivity index (χ2n) is 9.65. The minimum Gasteiger partial charge on any atom is -0.493 e. The molecule has 2 heterocycles. The number of nitrogens with one attached hydrogen (secondary N) is 2. The van der Waals surface area contributed by atoms with E-state index < -0.39 is 5.91 Å². The average molecular weight is 613 g/mol. The number of benzene rings is 3. The zero-order valence-electron chi connectivity index (χ0n) is 25.2. The molecular formula is C33H32N4O6S. The zero-order chi connectivity index (χ0) is 31.2. The van der Waals surface area contributed by atoms with Crippen LogP contribution in [0.5, 0.6) is 34.6 Å². The van der Waals surface area contributed by atoms with Crippen LogP contribution in [0.15, 0.2) is 71.6 Å². The number of hydrogen-bond acceptors (Lipinski definition) is 10. The Labute approximate surface area is 259 Å². The summed E-state index contributed by atoms with van der Waals surface area (Å²) < 4.78 is 28.3. The number of aromatic nitrogens is 2. The maximum Gasteiger partial charge on any atom is 0.262 e. The molecule has 5 rings (SSSR count). The monoisotopic (exact) mass is 612 g/mol. The zero-order valence-corrected chi connectivity index (χ0v) is 26.0. The van der Waals surface area contributed by atoms with Crippen molar-refractivity contribution >= 4 is 34.6 Å². The number of para-hydroxylation sites is 1. The highest BCUT2D eigenvalue weighted by atomic mass is 32.1. The number of aryl methyl sites for hydroxylation is 2. The van der Waals surface area contributed by atoms with Crippen molar-refractivity contribution in [2.75, 3.05) is 39.1 Å². The normalized spacial score (nSPS) is 10.6. The molecule has 0 atom stereocenters. The Morgan fingerprint density at radius 2 is 1.50 bits per heavy atom. The molecule has 3 aromatic carbocycles. The van der Waals surface area contributed by atoms with Gasteiger partial charge in [0.1, 0.15) is 5.56 Å². The molecule has 1 amide bonds. The highest BCUT2D eigenvalue weighted by molar-refractivity contribution is 7.08. The fraction of sp³-hybridized carbons (Fsp3) is 0.182. The molecule has 0 aliphatic rings. The summed E-state index contributed by atoms with van der Waals surface area (Å²) in [6, 6.07) is 16.9. The largest absolute Gasteiger partial charge is 0.493 e. The molecule has 44 heavy (non-hydrogen) atoms. The number of thiophene rings is 1. The van der Waals surface area contributed by atoms with E-state index in [1.165, 1.54) is 27.5 Å². The third-order valence-corrected chi connectivity index (χ3v) is 7.55. The van der Waals surface area contributed by atoms with Crippen LogP contribution in [0, 0.1) is 13.8 Å². The summed E-state index contributed by atoms with van der Waals surface area (Å²) in [4.78, 5) is 22.7. The standard InChI is InChI=1S/C33H32N4O6S/c1-19-8-7-9-20(2)29(19)36-31(38)24-17-34-33(35-23-15-27(40-4)30(42-6)28(16-23)41-5)37-32(24)43-25-11-10-21(14-26(25)39-3)22-12-13-44-18-22/h7-18H,1-6H3,(H,36,38)(H,34,35,37). The molecule has 0 aliphatic carbocycles. The second-order valence-corrected chi connectivity index (χ2v) is 10.4. The predicted octanol–water partition coefficient (Wildman–Crippen LogP) is 7.64. The van der Waals surface area contributed by atoms with E-state index in [0.717, 1.165) is 22.3 Å². The van der Waals surface area contributed by atoms with Gasteiger partial charge in [-0.3, -0.25) is 4.79 Å². The Morgan fingerprint density at radius 1 is 0.795 bits per heavy atom. The fourth-order valence-corrected chi connectivity index (χ4v) is 5.26. The minimum atomic E-state index is -0.425. The van der Waals surface area contributed by atoms with Crippen molar-refractivity contribution in [1.82, 2.24) is 9.97 Å². The van der Waals surface area contributed by atoms with Crippen molar-refractivity contribution in [2.24, 2.45) is 0 Å². The number of amides is 1. The van der Waals surface area contributed by atoms with Gasteiger partial charge in [0.15, 0.2) is 23.0 Å². The Kier molecular flexibility index (Phi) is 9.15. The SMILES string of the molecule is COc1cc(-c2ccsc2)ccc1Oc1nc(Nc2cc(OC)c(OC)c(OC)c2)ncc1C(=O)Nc1c(C)cccc1C. The molecule has 0 spiro atoms. The van der Waals surface area contributed by atoms with Crippen LogP contribution in [0.4, 0.5) is 17.3 Å². The number of nitrogens with zero attached hydrogens (tertiary/aromatic N) is 2. The van der Waals surface area contributed by atoms with Crippen LogP contribution in [0.25, 0.3) is 11.1 Å². The van der Waals surface area contributed by atoms with Crippen LogP contribution < -0.4 is 34.3 Å². The number of carbonyl (C=O) groups is 1. The lowest BCUT2D eigenvalue weighted by Crippen LogP contribution is -2.16. The van der Waals surface area contributed by atoms with E-state index in [-0.39, 0.29) is 17.4 Å². The van der Waals surface area contributed by atoms with E-state index in [1.54, 1.807) is 36.6 Å². The summed E-state index contributed by atoms with van der Waals surface area (Å²) in [6.45, 7) is 3.86. The second kappa shape index (κ2) is 13.3. The molecule has 0 unspecified atom stereocenters. The topological polar surface area (TPSA) is 113 Å². The van der Waals surface area contributed by atoms with Crippen LogP contribution in [-0.4, -0.2) is 44.3 Å². The first-order valence-electron chi connectivity index (χ1n) is 13.5. The van der Waals surface area contributed by atoms with Crippen molar-refractivity contribution in [3.05, 3.63) is 88.2 Å². The van der Waals surface area contributed by atoms with E-state index in [9.17, 15) is 4.79 Å². The van der Waals surface area contributed by atoms with E-state index in [1.807, 2.05) is 55.6 Å². The Bertz CT molecular complexity index is 1750. The van der Waals surface area contributed by atoms with Gasteiger partial charge >= 0.3 is 0 Å².